The molecule has 0 saturated carbocycles. The van der Waals surface area contributed by atoms with Crippen molar-refractivity contribution in [2.24, 2.45) is 5.41 Å². The van der Waals surface area contributed by atoms with Crippen molar-refractivity contribution >= 4 is 11.8 Å². The van der Waals surface area contributed by atoms with Crippen LogP contribution in [-0.2, 0) is 4.74 Å². The second-order valence-corrected chi connectivity index (χ2v) is 6.07. The van der Waals surface area contributed by atoms with Crippen molar-refractivity contribution in [2.45, 2.75) is 17.9 Å². The zero-order valence-electron chi connectivity index (χ0n) is 11.0. The van der Waals surface area contributed by atoms with E-state index >= 15 is 0 Å². The molecule has 1 heterocycles. The molecule has 100 valence electrons. The number of aliphatic hydroxyl groups excluding tert-OH is 1. The first-order valence-corrected chi connectivity index (χ1v) is 7.33. The molecular formula is C14H21NO2S. The van der Waals surface area contributed by atoms with E-state index in [0.717, 1.165) is 5.75 Å². The van der Waals surface area contributed by atoms with E-state index in [4.69, 9.17) is 4.74 Å². The Bertz CT molecular complexity index is 370. The van der Waals surface area contributed by atoms with E-state index < -0.39 is 0 Å². The highest BCUT2D eigenvalue weighted by Crippen LogP contribution is 2.40. The smallest absolute Gasteiger partial charge is 0.0596 e. The lowest BCUT2D eigenvalue weighted by atomic mass is 9.76. The number of benzene rings is 1. The van der Waals surface area contributed by atoms with Gasteiger partial charge in [0.05, 0.1) is 25.2 Å². The van der Waals surface area contributed by atoms with Gasteiger partial charge in [0.15, 0.2) is 0 Å². The molecule has 1 fully saturated rings. The van der Waals surface area contributed by atoms with Gasteiger partial charge in [-0.05, 0) is 30.5 Å². The Labute approximate surface area is 113 Å². The summed E-state index contributed by atoms with van der Waals surface area (Å²) in [6, 6.07) is 8.75. The summed E-state index contributed by atoms with van der Waals surface area (Å²) in [4.78, 5) is 1.29. The second kappa shape index (κ2) is 6.06. The first-order chi connectivity index (χ1) is 8.75. The van der Waals surface area contributed by atoms with Crippen molar-refractivity contribution in [2.75, 3.05) is 32.6 Å². The fraction of sp³-hybridized carbons (Fsp3) is 0.571. The van der Waals surface area contributed by atoms with Gasteiger partial charge in [0.25, 0.3) is 0 Å². The summed E-state index contributed by atoms with van der Waals surface area (Å²) in [5, 5.41) is 12.9. The molecule has 1 aromatic rings. The maximum Gasteiger partial charge on any atom is 0.0596 e. The van der Waals surface area contributed by atoms with Crippen molar-refractivity contribution in [3.63, 3.8) is 0 Å². The van der Waals surface area contributed by atoms with Crippen LogP contribution >= 0.6 is 11.8 Å². The molecule has 0 spiro atoms. The third kappa shape index (κ3) is 2.57. The van der Waals surface area contributed by atoms with Crippen molar-refractivity contribution < 1.29 is 9.84 Å². The Morgan fingerprint density at radius 3 is 2.44 bits per heavy atom. The van der Waals surface area contributed by atoms with Crippen LogP contribution in [0.5, 0.6) is 0 Å². The number of ether oxygens (including phenoxy) is 1. The summed E-state index contributed by atoms with van der Waals surface area (Å²) >= 11 is 1.84. The average Bonchev–Trinajstić information content (AvgIpc) is 2.35. The molecule has 0 amide bonds. The quantitative estimate of drug-likeness (QED) is 0.774. The summed E-state index contributed by atoms with van der Waals surface area (Å²) in [5.74, 6) is 1.09. The van der Waals surface area contributed by atoms with Gasteiger partial charge in [-0.25, -0.2) is 0 Å². The van der Waals surface area contributed by atoms with Crippen LogP contribution in [0.1, 0.15) is 18.5 Å². The summed E-state index contributed by atoms with van der Waals surface area (Å²) in [5.41, 5.74) is 1.06. The molecule has 0 bridgehead atoms. The predicted octanol–water partition coefficient (Wildman–Crippen LogP) is 2.07. The number of aliphatic hydroxyl groups is 1. The molecule has 1 unspecified atom stereocenters. The zero-order chi connectivity index (χ0) is 13.0. The maximum absolute atomic E-state index is 9.61. The van der Waals surface area contributed by atoms with Gasteiger partial charge < -0.3 is 15.2 Å². The molecule has 3 nitrogen and oxygen atoms in total. The van der Waals surface area contributed by atoms with Gasteiger partial charge in [-0.3, -0.25) is 0 Å². The van der Waals surface area contributed by atoms with Gasteiger partial charge in [-0.1, -0.05) is 19.1 Å². The van der Waals surface area contributed by atoms with Crippen molar-refractivity contribution in [3.8, 4) is 0 Å². The van der Waals surface area contributed by atoms with Crippen molar-refractivity contribution in [3.05, 3.63) is 29.8 Å². The van der Waals surface area contributed by atoms with Crippen LogP contribution in [0, 0.1) is 5.41 Å². The highest BCUT2D eigenvalue weighted by Gasteiger charge is 2.45. The van der Waals surface area contributed by atoms with E-state index in [-0.39, 0.29) is 18.1 Å². The van der Waals surface area contributed by atoms with Crippen LogP contribution in [0.2, 0.25) is 0 Å². The van der Waals surface area contributed by atoms with Crippen LogP contribution in [0.25, 0.3) is 0 Å². The second-order valence-electron chi connectivity index (χ2n) is 4.74. The summed E-state index contributed by atoms with van der Waals surface area (Å²) < 4.78 is 5.29. The average molecular weight is 267 g/mol. The predicted molar refractivity (Wildman–Crippen MR) is 75.0 cm³/mol. The third-order valence-corrected chi connectivity index (χ3v) is 4.41. The molecule has 1 saturated heterocycles. The van der Waals surface area contributed by atoms with E-state index in [1.165, 1.54) is 10.5 Å². The van der Waals surface area contributed by atoms with Crippen LogP contribution < -0.4 is 5.32 Å². The van der Waals surface area contributed by atoms with Gasteiger partial charge >= 0.3 is 0 Å². The van der Waals surface area contributed by atoms with Crippen LogP contribution in [0.3, 0.4) is 0 Å². The van der Waals surface area contributed by atoms with Gasteiger partial charge in [-0.15, -0.1) is 11.8 Å². The lowest BCUT2D eigenvalue weighted by molar-refractivity contribution is -0.155. The van der Waals surface area contributed by atoms with Crippen LogP contribution in [0.15, 0.2) is 29.2 Å². The van der Waals surface area contributed by atoms with Gasteiger partial charge in [0.2, 0.25) is 0 Å². The van der Waals surface area contributed by atoms with Crippen molar-refractivity contribution in [1.82, 2.24) is 5.32 Å². The number of rotatable bonds is 6. The minimum atomic E-state index is -0.159. The minimum Gasteiger partial charge on any atom is -0.396 e. The molecule has 1 aliphatic rings. The molecule has 2 rings (SSSR count). The molecule has 0 aromatic heterocycles. The summed E-state index contributed by atoms with van der Waals surface area (Å²) in [7, 11) is 1.94. The molecule has 0 aliphatic carbocycles. The largest absolute Gasteiger partial charge is 0.396 e. The molecule has 1 aliphatic heterocycles. The van der Waals surface area contributed by atoms with E-state index in [9.17, 15) is 5.11 Å². The van der Waals surface area contributed by atoms with Crippen LogP contribution in [-0.4, -0.2) is 37.7 Å². The molecular weight excluding hydrogens is 246 g/mol. The molecule has 4 heteroatoms. The summed E-state index contributed by atoms with van der Waals surface area (Å²) in [6.07, 6.45) is 0. The third-order valence-electron chi connectivity index (χ3n) is 3.52. The standard InChI is InChI=1S/C14H21NO2S/c1-3-18-12-6-4-11(5-7-12)13(15-2)14(8-16)9-17-10-14/h4-7,13,15-16H,3,8-10H2,1-2H3. The summed E-state index contributed by atoms with van der Waals surface area (Å²) in [6.45, 7) is 3.56. The Kier molecular flexibility index (Phi) is 4.67. The lowest BCUT2D eigenvalue weighted by Crippen LogP contribution is -2.53. The van der Waals surface area contributed by atoms with Gasteiger partial charge in [0.1, 0.15) is 0 Å². The van der Waals surface area contributed by atoms with Gasteiger partial charge in [-0.2, -0.15) is 0 Å². The Balaban J connectivity index is 2.17. The minimum absolute atomic E-state index is 0.150. The van der Waals surface area contributed by atoms with Crippen LogP contribution in [0.4, 0.5) is 0 Å². The van der Waals surface area contributed by atoms with E-state index in [0.29, 0.717) is 13.2 Å². The number of hydrogen-bond acceptors (Lipinski definition) is 4. The topological polar surface area (TPSA) is 41.5 Å². The number of hydrogen-bond donors (Lipinski definition) is 2. The Hall–Kier alpha value is -0.550. The normalized spacial score (nSPS) is 19.3. The molecule has 1 aromatic carbocycles. The zero-order valence-corrected chi connectivity index (χ0v) is 11.8. The highest BCUT2D eigenvalue weighted by molar-refractivity contribution is 7.99. The van der Waals surface area contributed by atoms with Gasteiger partial charge in [0, 0.05) is 10.9 Å². The number of nitrogens with one attached hydrogen (secondary N) is 1. The SMILES string of the molecule is CCSc1ccc(C(NC)C2(CO)COC2)cc1. The molecule has 2 N–H and O–H groups in total. The number of thioether (sulfide) groups is 1. The molecule has 18 heavy (non-hydrogen) atoms. The van der Waals surface area contributed by atoms with E-state index in [1.54, 1.807) is 0 Å². The Morgan fingerprint density at radius 2 is 2.06 bits per heavy atom. The Morgan fingerprint density at radius 1 is 1.39 bits per heavy atom. The fourth-order valence-electron chi connectivity index (χ4n) is 2.46. The van der Waals surface area contributed by atoms with E-state index in [2.05, 4.69) is 36.5 Å². The fourth-order valence-corrected chi connectivity index (χ4v) is 3.12. The molecule has 0 radical (unpaired) electrons. The molecule has 1 atom stereocenters. The maximum atomic E-state index is 9.61. The lowest BCUT2D eigenvalue weighted by Gasteiger charge is -2.46. The van der Waals surface area contributed by atoms with Crippen molar-refractivity contribution in [1.29, 1.82) is 0 Å². The monoisotopic (exact) mass is 267 g/mol. The first-order valence-electron chi connectivity index (χ1n) is 6.34. The van der Waals surface area contributed by atoms with E-state index in [1.807, 2.05) is 18.8 Å². The first kappa shape index (κ1) is 13.9. The highest BCUT2D eigenvalue weighted by atomic mass is 32.2.